The summed E-state index contributed by atoms with van der Waals surface area (Å²) in [6, 6.07) is 11.1. The molecule has 2 heterocycles. The Labute approximate surface area is 216 Å². The summed E-state index contributed by atoms with van der Waals surface area (Å²) in [6.45, 7) is 7.86. The van der Waals surface area contributed by atoms with Gasteiger partial charge in [-0.2, -0.15) is 18.3 Å². The lowest BCUT2D eigenvalue weighted by molar-refractivity contribution is -0.167. The van der Waals surface area contributed by atoms with Crippen LogP contribution in [0, 0.1) is 6.92 Å². The number of fused-ring (bicyclic) bond motifs is 1. The van der Waals surface area contributed by atoms with Crippen molar-refractivity contribution in [1.82, 2.24) is 14.8 Å². The lowest BCUT2D eigenvalue weighted by atomic mass is 10.1. The summed E-state index contributed by atoms with van der Waals surface area (Å²) in [7, 11) is 0. The maximum Gasteiger partial charge on any atom is 0.471 e. The molecule has 2 N–H and O–H groups in total. The molecular weight excluding hydrogens is 499 g/mol. The van der Waals surface area contributed by atoms with Crippen LogP contribution in [-0.4, -0.2) is 32.8 Å². The van der Waals surface area contributed by atoms with Crippen LogP contribution in [0.15, 0.2) is 61.1 Å². The van der Waals surface area contributed by atoms with E-state index in [2.05, 4.69) is 15.4 Å². The highest BCUT2D eigenvalue weighted by Gasteiger charge is 2.38. The van der Waals surface area contributed by atoms with Gasteiger partial charge in [0.05, 0.1) is 29.4 Å². The number of hydrogen-bond acceptors (Lipinski definition) is 5. The fraction of sp³-hybridized carbons (Fsp3) is 0.259. The van der Waals surface area contributed by atoms with E-state index in [0.717, 1.165) is 11.1 Å². The van der Waals surface area contributed by atoms with E-state index in [1.807, 2.05) is 39.1 Å². The highest BCUT2D eigenvalue weighted by atomic mass is 19.4. The molecule has 0 saturated carbocycles. The molecule has 8 nitrogen and oxygen atoms in total. The summed E-state index contributed by atoms with van der Waals surface area (Å²) in [5, 5.41) is 9.38. The van der Waals surface area contributed by atoms with Crippen LogP contribution in [0.3, 0.4) is 0 Å². The van der Waals surface area contributed by atoms with Gasteiger partial charge >= 0.3 is 12.1 Å². The van der Waals surface area contributed by atoms with Crippen molar-refractivity contribution in [2.45, 2.75) is 45.8 Å². The summed E-state index contributed by atoms with van der Waals surface area (Å²) in [4.78, 5) is 28.1. The maximum absolute atomic E-state index is 12.6. The topological polar surface area (TPSA) is 98.1 Å². The van der Waals surface area contributed by atoms with Gasteiger partial charge in [-0.25, -0.2) is 0 Å². The highest BCUT2D eigenvalue weighted by molar-refractivity contribution is 5.98. The van der Waals surface area contributed by atoms with Crippen molar-refractivity contribution in [3.63, 3.8) is 0 Å². The number of carbonyl (C=O) groups excluding carboxylic acids is 2. The summed E-state index contributed by atoms with van der Waals surface area (Å²) in [5.74, 6) is -1.41. The molecule has 4 rings (SSSR count). The first kappa shape index (κ1) is 26.6. The van der Waals surface area contributed by atoms with Crippen molar-refractivity contribution < 1.29 is 27.5 Å². The summed E-state index contributed by atoms with van der Waals surface area (Å²) in [6.07, 6.45) is 0.0283. The molecule has 198 valence electrons. The van der Waals surface area contributed by atoms with Gasteiger partial charge in [-0.3, -0.25) is 19.3 Å². The quantitative estimate of drug-likeness (QED) is 0.323. The molecule has 0 aliphatic carbocycles. The molecule has 0 aliphatic heterocycles. The first-order valence-corrected chi connectivity index (χ1v) is 11.7. The standard InChI is InChI=1S/C27H26F3N5O3/c1-16-11-17(12-24(36)33-19-14-32-35(15-19)26(2,3)4)5-8-22(16)38-23-9-10-31-21-7-6-18(13-20(21)23)34-25(37)27(28,29)30/h5-11,13-15H,12H2,1-4H3,(H,33,36)(H,34,37). The fourth-order valence-electron chi connectivity index (χ4n) is 3.69. The minimum atomic E-state index is -5.01. The van der Waals surface area contributed by atoms with Gasteiger partial charge in [0.25, 0.3) is 0 Å². The Bertz CT molecular complexity index is 1510. The smallest absolute Gasteiger partial charge is 0.456 e. The Morgan fingerprint density at radius 1 is 0.974 bits per heavy atom. The van der Waals surface area contributed by atoms with E-state index in [0.29, 0.717) is 28.1 Å². The van der Waals surface area contributed by atoms with Crippen molar-refractivity contribution >= 4 is 34.1 Å². The van der Waals surface area contributed by atoms with Crippen LogP contribution in [0.4, 0.5) is 24.5 Å². The number of rotatable bonds is 6. The van der Waals surface area contributed by atoms with Gasteiger partial charge in [-0.05, 0) is 69.2 Å². The van der Waals surface area contributed by atoms with Crippen LogP contribution < -0.4 is 15.4 Å². The molecule has 0 saturated heterocycles. The number of anilines is 2. The average Bonchev–Trinajstić information content (AvgIpc) is 3.29. The molecule has 0 aliphatic rings. The van der Waals surface area contributed by atoms with Crippen LogP contribution in [0.2, 0.25) is 0 Å². The predicted molar refractivity (Wildman–Crippen MR) is 137 cm³/mol. The Morgan fingerprint density at radius 3 is 2.39 bits per heavy atom. The van der Waals surface area contributed by atoms with Crippen molar-refractivity contribution in [3.8, 4) is 11.5 Å². The van der Waals surface area contributed by atoms with Crippen LogP contribution >= 0.6 is 0 Å². The fourth-order valence-corrected chi connectivity index (χ4v) is 3.69. The van der Waals surface area contributed by atoms with E-state index < -0.39 is 12.1 Å². The van der Waals surface area contributed by atoms with Gasteiger partial charge in [-0.15, -0.1) is 0 Å². The Morgan fingerprint density at radius 2 is 1.74 bits per heavy atom. The van der Waals surface area contributed by atoms with Gasteiger partial charge in [0.15, 0.2) is 0 Å². The van der Waals surface area contributed by atoms with Gasteiger partial charge < -0.3 is 15.4 Å². The van der Waals surface area contributed by atoms with Crippen molar-refractivity contribution in [2.75, 3.05) is 10.6 Å². The molecule has 0 unspecified atom stereocenters. The monoisotopic (exact) mass is 525 g/mol. The minimum absolute atomic E-state index is 0.0381. The number of aromatic nitrogens is 3. The molecule has 2 amide bonds. The van der Waals surface area contributed by atoms with E-state index in [-0.39, 0.29) is 23.6 Å². The zero-order valence-corrected chi connectivity index (χ0v) is 21.2. The molecule has 0 fully saturated rings. The molecule has 2 aromatic carbocycles. The van der Waals surface area contributed by atoms with Gasteiger partial charge in [-0.1, -0.05) is 12.1 Å². The Kier molecular flexibility index (Phi) is 7.12. The van der Waals surface area contributed by atoms with Crippen LogP contribution in [-0.2, 0) is 21.5 Å². The summed E-state index contributed by atoms with van der Waals surface area (Å²) < 4.78 is 45.8. The number of nitrogens with zero attached hydrogens (tertiary/aromatic N) is 3. The number of aryl methyl sites for hydroxylation is 1. The Balaban J connectivity index is 1.48. The number of halogens is 3. The molecular formula is C27H26F3N5O3. The predicted octanol–water partition coefficient (Wildman–Crippen LogP) is 5.97. The third kappa shape index (κ3) is 6.28. The number of pyridine rings is 1. The second kappa shape index (κ2) is 10.2. The third-order valence-corrected chi connectivity index (χ3v) is 5.59. The van der Waals surface area contributed by atoms with E-state index >= 15 is 0 Å². The molecule has 0 spiro atoms. The number of alkyl halides is 3. The molecule has 2 aromatic heterocycles. The van der Waals surface area contributed by atoms with Crippen molar-refractivity contribution in [1.29, 1.82) is 0 Å². The van der Waals surface area contributed by atoms with Gasteiger partial charge in [0.1, 0.15) is 11.5 Å². The first-order chi connectivity index (χ1) is 17.8. The van der Waals surface area contributed by atoms with Gasteiger partial charge in [0.2, 0.25) is 5.91 Å². The first-order valence-electron chi connectivity index (χ1n) is 11.7. The molecule has 38 heavy (non-hydrogen) atoms. The van der Waals surface area contributed by atoms with Crippen LogP contribution in [0.5, 0.6) is 11.5 Å². The number of carbonyl (C=O) groups is 2. The SMILES string of the molecule is Cc1cc(CC(=O)Nc2cnn(C(C)(C)C)c2)ccc1Oc1ccnc2ccc(NC(=O)C(F)(F)F)cc12. The zero-order chi connectivity index (χ0) is 27.7. The second-order valence-electron chi connectivity index (χ2n) is 9.76. The van der Waals surface area contributed by atoms with E-state index in [1.54, 1.807) is 35.3 Å². The van der Waals surface area contributed by atoms with E-state index in [9.17, 15) is 22.8 Å². The van der Waals surface area contributed by atoms with Crippen molar-refractivity contribution in [2.24, 2.45) is 0 Å². The maximum atomic E-state index is 12.6. The number of hydrogen-bond donors (Lipinski definition) is 2. The number of nitrogens with one attached hydrogen (secondary N) is 2. The van der Waals surface area contributed by atoms with Crippen LogP contribution in [0.1, 0.15) is 31.9 Å². The summed E-state index contributed by atoms with van der Waals surface area (Å²) >= 11 is 0. The second-order valence-corrected chi connectivity index (χ2v) is 9.76. The molecule has 0 bridgehead atoms. The highest BCUT2D eigenvalue weighted by Crippen LogP contribution is 2.33. The van der Waals surface area contributed by atoms with E-state index in [4.69, 9.17) is 4.74 Å². The number of ether oxygens (including phenoxy) is 1. The van der Waals surface area contributed by atoms with E-state index in [1.165, 1.54) is 24.4 Å². The molecule has 11 heteroatoms. The third-order valence-electron chi connectivity index (χ3n) is 5.59. The largest absolute Gasteiger partial charge is 0.471 e. The lowest BCUT2D eigenvalue weighted by Crippen LogP contribution is -2.29. The molecule has 0 atom stereocenters. The summed E-state index contributed by atoms with van der Waals surface area (Å²) in [5.41, 5.74) is 2.37. The van der Waals surface area contributed by atoms with Crippen molar-refractivity contribution in [3.05, 3.63) is 72.2 Å². The van der Waals surface area contributed by atoms with Crippen LogP contribution in [0.25, 0.3) is 10.9 Å². The zero-order valence-electron chi connectivity index (χ0n) is 21.2. The molecule has 4 aromatic rings. The molecule has 0 radical (unpaired) electrons. The number of amides is 2. The Hall–Kier alpha value is -4.41. The normalized spacial score (nSPS) is 11.9. The lowest BCUT2D eigenvalue weighted by Gasteiger charge is -2.18. The minimum Gasteiger partial charge on any atom is -0.456 e. The average molecular weight is 526 g/mol. The number of benzene rings is 2. The van der Waals surface area contributed by atoms with Gasteiger partial charge in [0, 0.05) is 23.5 Å².